The fourth-order valence-electron chi connectivity index (χ4n) is 3.43. The Morgan fingerprint density at radius 1 is 1.08 bits per heavy atom. The van der Waals surface area contributed by atoms with Gasteiger partial charge in [0.15, 0.2) is 0 Å². The van der Waals surface area contributed by atoms with Crippen molar-refractivity contribution >= 4 is 22.6 Å². The highest BCUT2D eigenvalue weighted by Crippen LogP contribution is 2.28. The number of benzene rings is 2. The minimum absolute atomic E-state index is 0.327. The quantitative estimate of drug-likeness (QED) is 0.729. The van der Waals surface area contributed by atoms with Gasteiger partial charge in [-0.2, -0.15) is 0 Å². The van der Waals surface area contributed by atoms with Gasteiger partial charge in [0, 0.05) is 42.3 Å². The van der Waals surface area contributed by atoms with Crippen LogP contribution in [0.25, 0.3) is 22.6 Å². The van der Waals surface area contributed by atoms with E-state index in [1.54, 1.807) is 6.07 Å². The van der Waals surface area contributed by atoms with E-state index in [1.807, 2.05) is 24.4 Å². The van der Waals surface area contributed by atoms with Crippen molar-refractivity contribution in [3.8, 4) is 5.75 Å². The van der Waals surface area contributed by atoms with Gasteiger partial charge in [-0.25, -0.2) is 0 Å². The summed E-state index contributed by atoms with van der Waals surface area (Å²) >= 11 is 0. The van der Waals surface area contributed by atoms with Gasteiger partial charge >= 0.3 is 0 Å². The van der Waals surface area contributed by atoms with Crippen molar-refractivity contribution in [1.82, 2.24) is 9.88 Å². The van der Waals surface area contributed by atoms with Crippen LogP contribution >= 0.6 is 0 Å². The molecule has 1 aliphatic heterocycles. The van der Waals surface area contributed by atoms with E-state index < -0.39 is 0 Å². The van der Waals surface area contributed by atoms with E-state index in [0.29, 0.717) is 5.75 Å². The standard InChI is InChI=1S/C22H22N2O/c25-22-9-8-21-19(10-13-23-21)20(22)7-4-14-24-15-11-18(12-16-24)17-5-2-1-3-6-17/h1-11,13,23,25H,12,14-16H2. The zero-order chi connectivity index (χ0) is 17.1. The van der Waals surface area contributed by atoms with E-state index in [-0.39, 0.29) is 0 Å². The summed E-state index contributed by atoms with van der Waals surface area (Å²) in [4.78, 5) is 5.60. The van der Waals surface area contributed by atoms with Gasteiger partial charge in [-0.1, -0.05) is 48.6 Å². The monoisotopic (exact) mass is 330 g/mol. The Balaban J connectivity index is 1.42. The maximum Gasteiger partial charge on any atom is 0.123 e. The molecule has 1 aromatic heterocycles. The number of nitrogens with zero attached hydrogens (tertiary/aromatic N) is 1. The molecule has 0 spiro atoms. The lowest BCUT2D eigenvalue weighted by Gasteiger charge is -2.25. The van der Waals surface area contributed by atoms with Gasteiger partial charge in [0.1, 0.15) is 5.75 Å². The van der Waals surface area contributed by atoms with Crippen LogP contribution < -0.4 is 0 Å². The molecule has 4 rings (SSSR count). The molecule has 3 heteroatoms. The van der Waals surface area contributed by atoms with Crippen LogP contribution in [0.2, 0.25) is 0 Å². The van der Waals surface area contributed by atoms with Gasteiger partial charge in [-0.05, 0) is 35.8 Å². The summed E-state index contributed by atoms with van der Waals surface area (Å²) in [5, 5.41) is 11.2. The maximum absolute atomic E-state index is 10.1. The molecule has 0 radical (unpaired) electrons. The van der Waals surface area contributed by atoms with Crippen molar-refractivity contribution in [2.24, 2.45) is 0 Å². The molecule has 0 atom stereocenters. The van der Waals surface area contributed by atoms with Crippen molar-refractivity contribution in [1.29, 1.82) is 0 Å². The van der Waals surface area contributed by atoms with Crippen LogP contribution in [0.1, 0.15) is 17.5 Å². The molecule has 2 heterocycles. The number of phenols is 1. The molecular weight excluding hydrogens is 308 g/mol. The predicted molar refractivity (Wildman–Crippen MR) is 104 cm³/mol. The van der Waals surface area contributed by atoms with Gasteiger partial charge in [0.2, 0.25) is 0 Å². The molecular formula is C22H22N2O. The van der Waals surface area contributed by atoms with Crippen LogP contribution in [0.4, 0.5) is 0 Å². The number of aromatic nitrogens is 1. The minimum Gasteiger partial charge on any atom is -0.507 e. The number of aromatic amines is 1. The summed E-state index contributed by atoms with van der Waals surface area (Å²) < 4.78 is 0. The lowest BCUT2D eigenvalue weighted by atomic mass is 9.99. The topological polar surface area (TPSA) is 39.3 Å². The molecule has 25 heavy (non-hydrogen) atoms. The summed E-state index contributed by atoms with van der Waals surface area (Å²) in [6, 6.07) is 16.3. The molecule has 0 aliphatic carbocycles. The molecule has 0 saturated heterocycles. The molecule has 0 fully saturated rings. The molecule has 0 bridgehead atoms. The largest absolute Gasteiger partial charge is 0.507 e. The number of phenolic OH excluding ortho intramolecular Hbond substituents is 1. The number of nitrogens with one attached hydrogen (secondary N) is 1. The Morgan fingerprint density at radius 2 is 1.96 bits per heavy atom. The molecule has 3 nitrogen and oxygen atoms in total. The Labute approximate surface area is 147 Å². The second-order valence-corrected chi connectivity index (χ2v) is 6.44. The van der Waals surface area contributed by atoms with Crippen molar-refractivity contribution in [3.63, 3.8) is 0 Å². The van der Waals surface area contributed by atoms with Crippen LogP contribution in [0.15, 0.2) is 66.9 Å². The normalized spacial score (nSPS) is 15.8. The second-order valence-electron chi connectivity index (χ2n) is 6.44. The van der Waals surface area contributed by atoms with Crippen molar-refractivity contribution in [2.45, 2.75) is 6.42 Å². The van der Waals surface area contributed by atoms with Crippen molar-refractivity contribution in [3.05, 3.63) is 78.0 Å². The third-order valence-electron chi connectivity index (χ3n) is 4.84. The van der Waals surface area contributed by atoms with Crippen LogP contribution in [-0.4, -0.2) is 34.6 Å². The predicted octanol–water partition coefficient (Wildman–Crippen LogP) is 4.68. The highest BCUT2D eigenvalue weighted by Gasteiger charge is 2.11. The lowest BCUT2D eigenvalue weighted by Crippen LogP contribution is -2.28. The van der Waals surface area contributed by atoms with Crippen LogP contribution in [0, 0.1) is 0 Å². The first-order valence-corrected chi connectivity index (χ1v) is 8.74. The highest BCUT2D eigenvalue weighted by molar-refractivity contribution is 5.91. The SMILES string of the molecule is Oc1ccc2[nH]ccc2c1C=CCN1CC=C(c2ccccc2)CC1. The number of H-pyrrole nitrogens is 1. The minimum atomic E-state index is 0.327. The molecule has 0 saturated carbocycles. The Hall–Kier alpha value is -2.78. The third kappa shape index (κ3) is 3.37. The Kier molecular flexibility index (Phi) is 4.40. The summed E-state index contributed by atoms with van der Waals surface area (Å²) in [6.45, 7) is 2.92. The molecule has 1 aliphatic rings. The third-order valence-corrected chi connectivity index (χ3v) is 4.84. The van der Waals surface area contributed by atoms with Crippen LogP contribution in [0.3, 0.4) is 0 Å². The van der Waals surface area contributed by atoms with Gasteiger partial charge in [-0.3, -0.25) is 4.90 Å². The molecule has 126 valence electrons. The average Bonchev–Trinajstić information content (AvgIpc) is 3.14. The van der Waals surface area contributed by atoms with E-state index in [4.69, 9.17) is 0 Å². The first-order chi connectivity index (χ1) is 12.3. The molecule has 0 amide bonds. The zero-order valence-electron chi connectivity index (χ0n) is 14.2. The summed E-state index contributed by atoms with van der Waals surface area (Å²) in [5.74, 6) is 0.327. The van der Waals surface area contributed by atoms with E-state index in [0.717, 1.165) is 42.5 Å². The second kappa shape index (κ2) is 6.99. The molecule has 3 aromatic rings. The zero-order valence-corrected chi connectivity index (χ0v) is 14.2. The summed E-state index contributed by atoms with van der Waals surface area (Å²) in [5.41, 5.74) is 4.71. The Bertz CT molecular complexity index is 922. The van der Waals surface area contributed by atoms with Crippen LogP contribution in [0.5, 0.6) is 5.75 Å². The van der Waals surface area contributed by atoms with Gasteiger partial charge in [0.05, 0.1) is 0 Å². The molecule has 2 aromatic carbocycles. The Morgan fingerprint density at radius 3 is 2.76 bits per heavy atom. The van der Waals surface area contributed by atoms with Crippen molar-refractivity contribution < 1.29 is 5.11 Å². The van der Waals surface area contributed by atoms with E-state index in [1.165, 1.54) is 11.1 Å². The number of aromatic hydroxyl groups is 1. The molecule has 0 unspecified atom stereocenters. The number of fused-ring (bicyclic) bond motifs is 1. The maximum atomic E-state index is 10.1. The fourth-order valence-corrected chi connectivity index (χ4v) is 3.43. The van der Waals surface area contributed by atoms with Crippen LogP contribution in [-0.2, 0) is 0 Å². The highest BCUT2D eigenvalue weighted by atomic mass is 16.3. The number of hydrogen-bond donors (Lipinski definition) is 2. The molecule has 2 N–H and O–H groups in total. The first kappa shape index (κ1) is 15.7. The average molecular weight is 330 g/mol. The number of hydrogen-bond acceptors (Lipinski definition) is 2. The first-order valence-electron chi connectivity index (χ1n) is 8.74. The lowest BCUT2D eigenvalue weighted by molar-refractivity contribution is 0.335. The smallest absolute Gasteiger partial charge is 0.123 e. The summed E-state index contributed by atoms with van der Waals surface area (Å²) in [6.07, 6.45) is 9.49. The van der Waals surface area contributed by atoms with E-state index in [9.17, 15) is 5.11 Å². The van der Waals surface area contributed by atoms with Crippen molar-refractivity contribution in [2.75, 3.05) is 19.6 Å². The van der Waals surface area contributed by atoms with Gasteiger partial charge < -0.3 is 10.1 Å². The number of rotatable bonds is 4. The van der Waals surface area contributed by atoms with Gasteiger partial charge in [0.25, 0.3) is 0 Å². The van der Waals surface area contributed by atoms with E-state index in [2.05, 4.69) is 52.4 Å². The van der Waals surface area contributed by atoms with Gasteiger partial charge in [-0.15, -0.1) is 0 Å². The summed E-state index contributed by atoms with van der Waals surface area (Å²) in [7, 11) is 0. The fraction of sp³-hybridized carbons (Fsp3) is 0.182. The van der Waals surface area contributed by atoms with E-state index >= 15 is 0 Å².